The minimum absolute atomic E-state index is 0.892. The molecule has 0 saturated heterocycles. The predicted octanol–water partition coefficient (Wildman–Crippen LogP) is 2.58. The largest absolute Gasteiger partial charge is 0.384 e. The summed E-state index contributed by atoms with van der Waals surface area (Å²) in [5, 5.41) is 3.35. The number of anilines is 2. The van der Waals surface area contributed by atoms with Crippen molar-refractivity contribution in [1.29, 1.82) is 0 Å². The highest BCUT2D eigenvalue weighted by Crippen LogP contribution is 2.16. The molecule has 0 radical (unpaired) electrons. The molecule has 0 amide bonds. The van der Waals surface area contributed by atoms with E-state index in [2.05, 4.69) is 46.3 Å². The van der Waals surface area contributed by atoms with Gasteiger partial charge in [0.15, 0.2) is 0 Å². The van der Waals surface area contributed by atoms with Crippen molar-refractivity contribution in [3.05, 3.63) is 24.3 Å². The summed E-state index contributed by atoms with van der Waals surface area (Å²) < 4.78 is 0. The minimum atomic E-state index is 0.892. The molecule has 0 aliphatic rings. The second-order valence-corrected chi connectivity index (χ2v) is 3.55. The Morgan fingerprint density at radius 2 is 2.13 bits per heavy atom. The van der Waals surface area contributed by atoms with E-state index >= 15 is 0 Å². The monoisotopic (exact) mass is 202 g/mol. The standard InChI is InChI=1S/C13H18N2/c1-4-5-6-10-14-12-8-7-9-13(11-12)15(2)3/h7-9,11,14H,6,10H2,1-3H3. The van der Waals surface area contributed by atoms with Crippen molar-refractivity contribution in [2.75, 3.05) is 30.9 Å². The highest BCUT2D eigenvalue weighted by atomic mass is 15.1. The SMILES string of the molecule is CC#CCCNc1cccc(N(C)C)c1. The van der Waals surface area contributed by atoms with Crippen LogP contribution in [0.5, 0.6) is 0 Å². The number of rotatable bonds is 4. The molecule has 0 heterocycles. The van der Waals surface area contributed by atoms with Crippen LogP contribution in [0.1, 0.15) is 13.3 Å². The summed E-state index contributed by atoms with van der Waals surface area (Å²) in [6.07, 6.45) is 0.892. The van der Waals surface area contributed by atoms with Crippen LogP contribution in [0.2, 0.25) is 0 Å². The van der Waals surface area contributed by atoms with Gasteiger partial charge in [0.2, 0.25) is 0 Å². The van der Waals surface area contributed by atoms with Gasteiger partial charge in [0.05, 0.1) is 0 Å². The summed E-state index contributed by atoms with van der Waals surface area (Å²) in [7, 11) is 4.09. The molecule has 0 bridgehead atoms. The van der Waals surface area contributed by atoms with Gasteiger partial charge >= 0.3 is 0 Å². The van der Waals surface area contributed by atoms with Crippen molar-refractivity contribution in [1.82, 2.24) is 0 Å². The Bertz CT molecular complexity index is 358. The van der Waals surface area contributed by atoms with E-state index in [-0.39, 0.29) is 0 Å². The number of benzene rings is 1. The second kappa shape index (κ2) is 5.98. The van der Waals surface area contributed by atoms with Crippen LogP contribution in [-0.2, 0) is 0 Å². The third-order valence-corrected chi connectivity index (χ3v) is 2.12. The van der Waals surface area contributed by atoms with Crippen LogP contribution in [0.15, 0.2) is 24.3 Å². The van der Waals surface area contributed by atoms with E-state index in [1.54, 1.807) is 0 Å². The van der Waals surface area contributed by atoms with E-state index in [1.807, 2.05) is 21.0 Å². The third kappa shape index (κ3) is 3.95. The Morgan fingerprint density at radius 3 is 2.80 bits per heavy atom. The van der Waals surface area contributed by atoms with Crippen molar-refractivity contribution < 1.29 is 0 Å². The molecule has 0 unspecified atom stereocenters. The van der Waals surface area contributed by atoms with E-state index in [0.29, 0.717) is 0 Å². The van der Waals surface area contributed by atoms with Gasteiger partial charge in [0.1, 0.15) is 0 Å². The zero-order chi connectivity index (χ0) is 11.1. The van der Waals surface area contributed by atoms with Gasteiger partial charge in [-0.15, -0.1) is 11.8 Å². The van der Waals surface area contributed by atoms with Gasteiger partial charge in [-0.2, -0.15) is 0 Å². The van der Waals surface area contributed by atoms with E-state index in [4.69, 9.17) is 0 Å². The fourth-order valence-corrected chi connectivity index (χ4v) is 1.29. The first kappa shape index (κ1) is 11.5. The van der Waals surface area contributed by atoms with E-state index < -0.39 is 0 Å². The smallest absolute Gasteiger partial charge is 0.0381 e. The maximum atomic E-state index is 3.35. The van der Waals surface area contributed by atoms with Crippen LogP contribution < -0.4 is 10.2 Å². The topological polar surface area (TPSA) is 15.3 Å². The van der Waals surface area contributed by atoms with Crippen molar-refractivity contribution in [3.63, 3.8) is 0 Å². The average molecular weight is 202 g/mol. The first-order valence-electron chi connectivity index (χ1n) is 5.15. The van der Waals surface area contributed by atoms with Crippen molar-refractivity contribution in [2.24, 2.45) is 0 Å². The maximum Gasteiger partial charge on any atom is 0.0381 e. The summed E-state index contributed by atoms with van der Waals surface area (Å²) in [6, 6.07) is 8.37. The Hall–Kier alpha value is -1.62. The lowest BCUT2D eigenvalue weighted by Crippen LogP contribution is -2.09. The molecule has 80 valence electrons. The molecule has 0 spiro atoms. The van der Waals surface area contributed by atoms with Gasteiger partial charge in [0.25, 0.3) is 0 Å². The van der Waals surface area contributed by atoms with Gasteiger partial charge < -0.3 is 10.2 Å². The fraction of sp³-hybridized carbons (Fsp3) is 0.385. The lowest BCUT2D eigenvalue weighted by molar-refractivity contribution is 1.09. The van der Waals surface area contributed by atoms with Crippen LogP contribution in [0, 0.1) is 11.8 Å². The lowest BCUT2D eigenvalue weighted by Gasteiger charge is -2.14. The molecule has 1 rings (SSSR count). The summed E-state index contributed by atoms with van der Waals surface area (Å²) >= 11 is 0. The zero-order valence-corrected chi connectivity index (χ0v) is 9.67. The first-order chi connectivity index (χ1) is 7.24. The highest BCUT2D eigenvalue weighted by Gasteiger charge is 1.96. The van der Waals surface area contributed by atoms with E-state index in [1.165, 1.54) is 5.69 Å². The molecule has 1 aromatic carbocycles. The van der Waals surface area contributed by atoms with Gasteiger partial charge in [-0.25, -0.2) is 0 Å². The average Bonchev–Trinajstić information content (AvgIpc) is 2.25. The lowest BCUT2D eigenvalue weighted by atomic mass is 10.2. The normalized spacial score (nSPS) is 9.00. The first-order valence-corrected chi connectivity index (χ1v) is 5.15. The van der Waals surface area contributed by atoms with E-state index in [0.717, 1.165) is 18.7 Å². The van der Waals surface area contributed by atoms with E-state index in [9.17, 15) is 0 Å². The molecule has 0 aliphatic carbocycles. The van der Waals surface area contributed by atoms with Gasteiger partial charge in [0, 0.05) is 38.4 Å². The number of hydrogen-bond acceptors (Lipinski definition) is 2. The molecule has 15 heavy (non-hydrogen) atoms. The molecule has 0 aromatic heterocycles. The molecule has 1 aromatic rings. The predicted molar refractivity (Wildman–Crippen MR) is 67.3 cm³/mol. The summed E-state index contributed by atoms with van der Waals surface area (Å²) in [5.74, 6) is 5.92. The molecule has 1 N–H and O–H groups in total. The van der Waals surface area contributed by atoms with Crippen molar-refractivity contribution >= 4 is 11.4 Å². The molecule has 2 heteroatoms. The number of hydrogen-bond donors (Lipinski definition) is 1. The molecular formula is C13H18N2. The minimum Gasteiger partial charge on any atom is -0.384 e. The number of nitrogens with one attached hydrogen (secondary N) is 1. The van der Waals surface area contributed by atoms with Crippen LogP contribution in [0.3, 0.4) is 0 Å². The Morgan fingerprint density at radius 1 is 1.33 bits per heavy atom. The van der Waals surface area contributed by atoms with Gasteiger partial charge in [-0.3, -0.25) is 0 Å². The van der Waals surface area contributed by atoms with Crippen molar-refractivity contribution in [2.45, 2.75) is 13.3 Å². The number of nitrogens with zero attached hydrogens (tertiary/aromatic N) is 1. The fourth-order valence-electron chi connectivity index (χ4n) is 1.29. The molecule has 0 atom stereocenters. The molecule has 0 fully saturated rings. The summed E-state index contributed by atoms with van der Waals surface area (Å²) in [5.41, 5.74) is 2.36. The highest BCUT2D eigenvalue weighted by molar-refractivity contribution is 5.57. The van der Waals surface area contributed by atoms with Crippen LogP contribution in [0.4, 0.5) is 11.4 Å². The van der Waals surface area contributed by atoms with Gasteiger partial charge in [-0.1, -0.05) is 6.07 Å². The van der Waals surface area contributed by atoms with Gasteiger partial charge in [-0.05, 0) is 25.1 Å². The molecule has 2 nitrogen and oxygen atoms in total. The Balaban J connectivity index is 2.53. The van der Waals surface area contributed by atoms with Crippen LogP contribution in [-0.4, -0.2) is 20.6 Å². The molecular weight excluding hydrogens is 184 g/mol. The second-order valence-electron chi connectivity index (χ2n) is 3.55. The Labute approximate surface area is 92.3 Å². The summed E-state index contributed by atoms with van der Waals surface area (Å²) in [4.78, 5) is 2.09. The Kier molecular flexibility index (Phi) is 4.56. The van der Waals surface area contributed by atoms with Crippen LogP contribution >= 0.6 is 0 Å². The quantitative estimate of drug-likeness (QED) is 0.596. The molecule has 0 aliphatic heterocycles. The third-order valence-electron chi connectivity index (χ3n) is 2.12. The zero-order valence-electron chi connectivity index (χ0n) is 9.67. The summed E-state index contributed by atoms with van der Waals surface area (Å²) in [6.45, 7) is 2.77. The van der Waals surface area contributed by atoms with Crippen molar-refractivity contribution in [3.8, 4) is 11.8 Å². The maximum absolute atomic E-state index is 3.35. The molecule has 0 saturated carbocycles. The van der Waals surface area contributed by atoms with Crippen LogP contribution in [0.25, 0.3) is 0 Å².